The molecule has 2 aromatic carbocycles. The van der Waals surface area contributed by atoms with Gasteiger partial charge in [-0.25, -0.2) is 8.78 Å². The van der Waals surface area contributed by atoms with Gasteiger partial charge in [0.05, 0.1) is 5.56 Å². The van der Waals surface area contributed by atoms with Crippen LogP contribution in [0.3, 0.4) is 0 Å². The molecule has 0 fully saturated rings. The predicted molar refractivity (Wildman–Crippen MR) is 68.9 cm³/mol. The second-order valence-electron chi connectivity index (χ2n) is 3.46. The molecule has 1 nitrogen and oxygen atoms in total. The highest BCUT2D eigenvalue weighted by atomic mass is 127. The highest BCUT2D eigenvalue weighted by Crippen LogP contribution is 2.16. The van der Waals surface area contributed by atoms with Crippen molar-refractivity contribution >= 4 is 28.4 Å². The van der Waals surface area contributed by atoms with E-state index >= 15 is 0 Å². The van der Waals surface area contributed by atoms with Gasteiger partial charge in [0.1, 0.15) is 11.6 Å². The Labute approximate surface area is 111 Å². The van der Waals surface area contributed by atoms with Gasteiger partial charge < -0.3 is 0 Å². The van der Waals surface area contributed by atoms with E-state index in [4.69, 9.17) is 0 Å². The van der Waals surface area contributed by atoms with Gasteiger partial charge in [0.2, 0.25) is 0 Å². The van der Waals surface area contributed by atoms with Gasteiger partial charge in [-0.2, -0.15) is 0 Å². The largest absolute Gasteiger partial charge is 0.288 e. The van der Waals surface area contributed by atoms with Gasteiger partial charge >= 0.3 is 0 Å². The fraction of sp³-hybridized carbons (Fsp3) is 0. The maximum atomic E-state index is 13.4. The fourth-order valence-electron chi connectivity index (χ4n) is 1.43. The molecule has 0 heterocycles. The van der Waals surface area contributed by atoms with Gasteiger partial charge in [-0.3, -0.25) is 4.79 Å². The molecule has 0 aliphatic carbocycles. The molecule has 0 saturated carbocycles. The zero-order chi connectivity index (χ0) is 12.4. The summed E-state index contributed by atoms with van der Waals surface area (Å²) in [6.45, 7) is 0. The van der Waals surface area contributed by atoms with Crippen LogP contribution in [0.15, 0.2) is 42.5 Å². The van der Waals surface area contributed by atoms with Crippen LogP contribution in [0.5, 0.6) is 0 Å². The molecular formula is C13H7F2IO. The van der Waals surface area contributed by atoms with Crippen LogP contribution >= 0.6 is 22.6 Å². The molecule has 0 aromatic heterocycles. The van der Waals surface area contributed by atoms with Crippen molar-refractivity contribution in [2.45, 2.75) is 0 Å². The van der Waals surface area contributed by atoms with Crippen molar-refractivity contribution < 1.29 is 13.6 Å². The van der Waals surface area contributed by atoms with E-state index in [0.717, 1.165) is 15.7 Å². The van der Waals surface area contributed by atoms with Crippen molar-refractivity contribution in [3.8, 4) is 0 Å². The maximum absolute atomic E-state index is 13.4. The average Bonchev–Trinajstić information content (AvgIpc) is 2.29. The molecule has 0 radical (unpaired) electrons. The first kappa shape index (κ1) is 12.2. The molecule has 0 spiro atoms. The summed E-state index contributed by atoms with van der Waals surface area (Å²) in [5, 5.41) is 0. The van der Waals surface area contributed by atoms with Crippen molar-refractivity contribution in [3.63, 3.8) is 0 Å². The fourth-order valence-corrected chi connectivity index (χ4v) is 1.79. The lowest BCUT2D eigenvalue weighted by Gasteiger charge is -2.03. The number of rotatable bonds is 2. The van der Waals surface area contributed by atoms with Crippen LogP contribution in [0, 0.1) is 15.2 Å². The summed E-state index contributed by atoms with van der Waals surface area (Å²) < 4.78 is 27.1. The van der Waals surface area contributed by atoms with Crippen molar-refractivity contribution in [1.29, 1.82) is 0 Å². The van der Waals surface area contributed by atoms with Crippen molar-refractivity contribution in [2.75, 3.05) is 0 Å². The third-order valence-electron chi connectivity index (χ3n) is 2.28. The molecule has 0 bridgehead atoms. The summed E-state index contributed by atoms with van der Waals surface area (Å²) in [7, 11) is 0. The van der Waals surface area contributed by atoms with E-state index < -0.39 is 17.4 Å². The third-order valence-corrected chi connectivity index (χ3v) is 3.00. The Kier molecular flexibility index (Phi) is 3.51. The van der Waals surface area contributed by atoms with Gasteiger partial charge in [-0.1, -0.05) is 0 Å². The molecule has 0 saturated heterocycles. The van der Waals surface area contributed by atoms with Crippen LogP contribution in [0.1, 0.15) is 15.9 Å². The minimum absolute atomic E-state index is 0.118. The third kappa shape index (κ3) is 2.69. The molecule has 2 aromatic rings. The van der Waals surface area contributed by atoms with Gasteiger partial charge in [-0.15, -0.1) is 0 Å². The van der Waals surface area contributed by atoms with Crippen LogP contribution in [-0.2, 0) is 0 Å². The molecule has 0 atom stereocenters. The minimum Gasteiger partial charge on any atom is -0.288 e. The molecule has 4 heteroatoms. The normalized spacial score (nSPS) is 10.3. The maximum Gasteiger partial charge on any atom is 0.195 e. The van der Waals surface area contributed by atoms with Crippen LogP contribution in [0.4, 0.5) is 8.78 Å². The van der Waals surface area contributed by atoms with Crippen molar-refractivity contribution in [1.82, 2.24) is 0 Å². The number of ketones is 1. The number of hydrogen-bond acceptors (Lipinski definition) is 1. The zero-order valence-corrected chi connectivity index (χ0v) is 10.7. The molecule has 86 valence electrons. The SMILES string of the molecule is O=C(c1ccc(I)cc1)c1ccc(F)cc1F. The molecule has 17 heavy (non-hydrogen) atoms. The molecule has 0 aliphatic heterocycles. The van der Waals surface area contributed by atoms with E-state index in [1.54, 1.807) is 24.3 Å². The molecule has 0 unspecified atom stereocenters. The molecule has 0 N–H and O–H groups in total. The lowest BCUT2D eigenvalue weighted by molar-refractivity contribution is 0.103. The van der Waals surface area contributed by atoms with Gasteiger partial charge in [0, 0.05) is 15.2 Å². The van der Waals surface area contributed by atoms with Crippen molar-refractivity contribution in [2.24, 2.45) is 0 Å². The van der Waals surface area contributed by atoms with E-state index in [-0.39, 0.29) is 5.56 Å². The van der Waals surface area contributed by atoms with E-state index in [0.29, 0.717) is 11.6 Å². The molecule has 2 rings (SSSR count). The van der Waals surface area contributed by atoms with Crippen molar-refractivity contribution in [3.05, 3.63) is 68.8 Å². The Morgan fingerprint density at radius 1 is 1.00 bits per heavy atom. The zero-order valence-electron chi connectivity index (χ0n) is 8.58. The van der Waals surface area contributed by atoms with Crippen LogP contribution in [-0.4, -0.2) is 5.78 Å². The molecular weight excluding hydrogens is 337 g/mol. The van der Waals surface area contributed by atoms with E-state index in [9.17, 15) is 13.6 Å². The van der Waals surface area contributed by atoms with Gasteiger partial charge in [0.25, 0.3) is 0 Å². The summed E-state index contributed by atoms with van der Waals surface area (Å²) in [5.41, 5.74) is 0.267. The predicted octanol–water partition coefficient (Wildman–Crippen LogP) is 3.80. The Morgan fingerprint density at radius 2 is 1.65 bits per heavy atom. The van der Waals surface area contributed by atoms with Crippen LogP contribution < -0.4 is 0 Å². The number of carbonyl (C=O) groups is 1. The number of benzene rings is 2. The lowest BCUT2D eigenvalue weighted by atomic mass is 10.0. The Hall–Kier alpha value is -1.30. The van der Waals surface area contributed by atoms with Gasteiger partial charge in [-0.05, 0) is 59.0 Å². The molecule has 0 amide bonds. The summed E-state index contributed by atoms with van der Waals surface area (Å²) in [6, 6.07) is 9.69. The second-order valence-corrected chi connectivity index (χ2v) is 4.71. The first-order valence-corrected chi connectivity index (χ1v) is 5.91. The lowest BCUT2D eigenvalue weighted by Crippen LogP contribution is -2.04. The monoisotopic (exact) mass is 344 g/mol. The Bertz CT molecular complexity index is 564. The number of hydrogen-bond donors (Lipinski definition) is 0. The van der Waals surface area contributed by atoms with Crippen LogP contribution in [0.2, 0.25) is 0 Å². The summed E-state index contributed by atoms with van der Waals surface area (Å²) in [4.78, 5) is 11.9. The summed E-state index contributed by atoms with van der Waals surface area (Å²) in [6.07, 6.45) is 0. The van der Waals surface area contributed by atoms with Gasteiger partial charge in [0.15, 0.2) is 5.78 Å². The number of halogens is 3. The smallest absolute Gasteiger partial charge is 0.195 e. The van der Waals surface area contributed by atoms with E-state index in [1.807, 2.05) is 0 Å². The van der Waals surface area contributed by atoms with E-state index in [2.05, 4.69) is 22.6 Å². The highest BCUT2D eigenvalue weighted by Gasteiger charge is 2.14. The Balaban J connectivity index is 2.40. The summed E-state index contributed by atoms with van der Waals surface area (Å²) >= 11 is 2.11. The summed E-state index contributed by atoms with van der Waals surface area (Å²) in [5.74, 6) is -1.98. The average molecular weight is 344 g/mol. The first-order chi connectivity index (χ1) is 8.08. The Morgan fingerprint density at radius 3 is 2.24 bits per heavy atom. The first-order valence-electron chi connectivity index (χ1n) is 4.83. The highest BCUT2D eigenvalue weighted by molar-refractivity contribution is 14.1. The second kappa shape index (κ2) is 4.91. The quantitative estimate of drug-likeness (QED) is 0.598. The topological polar surface area (TPSA) is 17.1 Å². The van der Waals surface area contributed by atoms with E-state index in [1.165, 1.54) is 0 Å². The number of carbonyl (C=O) groups excluding carboxylic acids is 1. The molecule has 0 aliphatic rings. The minimum atomic E-state index is -0.839. The standard InChI is InChI=1S/C13H7F2IO/c14-9-3-6-11(12(15)7-9)13(17)8-1-4-10(16)5-2-8/h1-7H. The van der Waals surface area contributed by atoms with Crippen LogP contribution in [0.25, 0.3) is 0 Å².